The van der Waals surface area contributed by atoms with Crippen LogP contribution in [0.3, 0.4) is 0 Å². The number of rotatable bonds is 4. The molecule has 0 aromatic heterocycles. The first-order chi connectivity index (χ1) is 15.2. The predicted octanol–water partition coefficient (Wildman–Crippen LogP) is 10.5. The molecular formula is C30H38Cl2. The third kappa shape index (κ3) is 10.1. The van der Waals surface area contributed by atoms with E-state index in [9.17, 15) is 0 Å². The molecule has 2 aromatic carbocycles. The highest BCUT2D eigenvalue weighted by Gasteiger charge is 2.05. The van der Waals surface area contributed by atoms with Gasteiger partial charge in [0, 0.05) is 10.1 Å². The summed E-state index contributed by atoms with van der Waals surface area (Å²) in [7, 11) is 0. The van der Waals surface area contributed by atoms with E-state index in [0.717, 1.165) is 34.9 Å². The quantitative estimate of drug-likeness (QED) is 0.391. The maximum atomic E-state index is 6.00. The molecule has 2 heteroatoms. The molecule has 32 heavy (non-hydrogen) atoms. The number of allylic oxidation sites excluding steroid dienone is 7. The molecule has 0 nitrogen and oxygen atoms in total. The smallest absolute Gasteiger partial charge is 0.0412 e. The molecule has 0 unspecified atom stereocenters. The van der Waals surface area contributed by atoms with Gasteiger partial charge in [0.2, 0.25) is 0 Å². The van der Waals surface area contributed by atoms with Crippen LogP contribution in [0.5, 0.6) is 0 Å². The summed E-state index contributed by atoms with van der Waals surface area (Å²) in [6.45, 7) is 16.6. The van der Waals surface area contributed by atoms with Crippen LogP contribution in [0.25, 0.3) is 5.57 Å². The Labute approximate surface area is 206 Å². The van der Waals surface area contributed by atoms with Crippen LogP contribution in [-0.4, -0.2) is 0 Å². The Hall–Kier alpha value is -2.02. The van der Waals surface area contributed by atoms with Crippen molar-refractivity contribution in [2.75, 3.05) is 0 Å². The molecular weight excluding hydrogens is 431 g/mol. The monoisotopic (exact) mass is 468 g/mol. The minimum absolute atomic E-state index is 0.782. The van der Waals surface area contributed by atoms with E-state index in [1.165, 1.54) is 39.8 Å². The van der Waals surface area contributed by atoms with Crippen LogP contribution in [-0.2, 0) is 6.42 Å². The second kappa shape index (κ2) is 14.9. The summed E-state index contributed by atoms with van der Waals surface area (Å²) in [6, 6.07) is 16.4. The fourth-order valence-corrected chi connectivity index (χ4v) is 3.67. The average molecular weight is 470 g/mol. The van der Waals surface area contributed by atoms with Crippen LogP contribution in [0.15, 0.2) is 89.0 Å². The van der Waals surface area contributed by atoms with Gasteiger partial charge in [0.1, 0.15) is 0 Å². The minimum Gasteiger partial charge on any atom is -0.0958 e. The number of hydrogen-bond donors (Lipinski definition) is 0. The molecule has 0 amide bonds. The molecule has 0 bridgehead atoms. The molecule has 1 aliphatic carbocycles. The Bertz CT molecular complexity index is 960. The van der Waals surface area contributed by atoms with Crippen LogP contribution in [0.1, 0.15) is 70.6 Å². The summed E-state index contributed by atoms with van der Waals surface area (Å²) in [5.74, 6) is 0. The highest BCUT2D eigenvalue weighted by molar-refractivity contribution is 6.31. The molecule has 0 radical (unpaired) electrons. The summed E-state index contributed by atoms with van der Waals surface area (Å²) in [5, 5.41) is 1.70. The van der Waals surface area contributed by atoms with Crippen LogP contribution in [0.4, 0.5) is 0 Å². The summed E-state index contributed by atoms with van der Waals surface area (Å²) < 4.78 is 0. The largest absolute Gasteiger partial charge is 0.0958 e. The zero-order chi connectivity index (χ0) is 24.1. The van der Waals surface area contributed by atoms with Gasteiger partial charge >= 0.3 is 0 Å². The molecule has 0 N–H and O–H groups in total. The third-order valence-corrected chi connectivity index (χ3v) is 6.16. The van der Waals surface area contributed by atoms with Crippen molar-refractivity contribution in [2.45, 2.75) is 67.2 Å². The first-order valence-electron chi connectivity index (χ1n) is 11.4. The lowest BCUT2D eigenvalue weighted by Gasteiger charge is -2.11. The molecule has 1 aliphatic rings. The van der Waals surface area contributed by atoms with Crippen molar-refractivity contribution in [3.05, 3.63) is 111 Å². The van der Waals surface area contributed by atoms with E-state index in [-0.39, 0.29) is 0 Å². The molecule has 2 aromatic rings. The lowest BCUT2D eigenvalue weighted by Crippen LogP contribution is -1.90. The SMILES string of the molecule is C=C(C)/C(C)=C(\C)c1cc(Cl)ccc1C.CCC1=CC(Cl)=CCC1.CCc1ccccc1. The number of benzene rings is 2. The predicted molar refractivity (Wildman–Crippen MR) is 147 cm³/mol. The average Bonchev–Trinajstić information content (AvgIpc) is 2.81. The van der Waals surface area contributed by atoms with E-state index in [2.05, 4.69) is 77.6 Å². The second-order valence-corrected chi connectivity index (χ2v) is 8.99. The molecule has 0 fully saturated rings. The van der Waals surface area contributed by atoms with E-state index in [1.807, 2.05) is 31.2 Å². The van der Waals surface area contributed by atoms with Gasteiger partial charge < -0.3 is 0 Å². The van der Waals surface area contributed by atoms with E-state index in [1.54, 1.807) is 0 Å². The highest BCUT2D eigenvalue weighted by Crippen LogP contribution is 2.27. The first kappa shape index (κ1) is 28.0. The Morgan fingerprint density at radius 3 is 2.06 bits per heavy atom. The zero-order valence-corrected chi connectivity index (χ0v) is 22.1. The second-order valence-electron chi connectivity index (χ2n) is 8.11. The molecule has 0 aliphatic heterocycles. The van der Waals surface area contributed by atoms with Gasteiger partial charge in [-0.25, -0.2) is 0 Å². The molecule has 0 saturated carbocycles. The van der Waals surface area contributed by atoms with Crippen molar-refractivity contribution in [1.82, 2.24) is 0 Å². The topological polar surface area (TPSA) is 0 Å². The van der Waals surface area contributed by atoms with Gasteiger partial charge in [0.25, 0.3) is 0 Å². The summed E-state index contributed by atoms with van der Waals surface area (Å²) >= 11 is 11.8. The third-order valence-electron chi connectivity index (χ3n) is 5.66. The summed E-state index contributed by atoms with van der Waals surface area (Å²) in [6.07, 6.45) is 8.75. The van der Waals surface area contributed by atoms with Crippen LogP contribution >= 0.6 is 23.2 Å². The van der Waals surface area contributed by atoms with E-state index < -0.39 is 0 Å². The van der Waals surface area contributed by atoms with Crippen LogP contribution in [0.2, 0.25) is 5.02 Å². The molecule has 0 heterocycles. The maximum Gasteiger partial charge on any atom is 0.0412 e. The standard InChI is InChI=1S/C14H17Cl.C8H11Cl.C8H10/c1-9(2)11(4)12(5)14-8-13(15)7-6-10(14)3;1-2-7-4-3-5-8(9)6-7;1-2-8-6-4-3-5-7-8/h6-8H,1H2,2-5H3;5-6H,2-4H2,1H3;3-7H,2H2,1H3/b12-11+;;. The van der Waals surface area contributed by atoms with Gasteiger partial charge in [0.05, 0.1) is 0 Å². The lowest BCUT2D eigenvalue weighted by atomic mass is 9.95. The minimum atomic E-state index is 0.782. The Morgan fingerprint density at radius 1 is 0.938 bits per heavy atom. The van der Waals surface area contributed by atoms with Crippen LogP contribution in [0, 0.1) is 6.92 Å². The van der Waals surface area contributed by atoms with Gasteiger partial charge in [-0.3, -0.25) is 0 Å². The summed E-state index contributed by atoms with van der Waals surface area (Å²) in [4.78, 5) is 0. The first-order valence-corrected chi connectivity index (χ1v) is 12.1. The summed E-state index contributed by atoms with van der Waals surface area (Å²) in [5.41, 5.74) is 8.94. The number of hydrogen-bond acceptors (Lipinski definition) is 0. The van der Waals surface area contributed by atoms with E-state index in [0.29, 0.717) is 0 Å². The molecule has 3 rings (SSSR count). The Morgan fingerprint density at radius 2 is 1.59 bits per heavy atom. The highest BCUT2D eigenvalue weighted by atomic mass is 35.5. The van der Waals surface area contributed by atoms with Crippen molar-refractivity contribution in [3.63, 3.8) is 0 Å². The van der Waals surface area contributed by atoms with Gasteiger partial charge in [-0.1, -0.05) is 97.2 Å². The normalized spacial score (nSPS) is 13.4. The number of aryl methyl sites for hydroxylation is 2. The molecule has 0 saturated heterocycles. The van der Waals surface area contributed by atoms with Gasteiger partial charge in [-0.2, -0.15) is 0 Å². The fraction of sp³-hybridized carbons (Fsp3) is 0.333. The molecule has 172 valence electrons. The van der Waals surface area contributed by atoms with Crippen molar-refractivity contribution in [2.24, 2.45) is 0 Å². The molecule has 0 spiro atoms. The Balaban J connectivity index is 0.000000257. The lowest BCUT2D eigenvalue weighted by molar-refractivity contribution is 0.892. The molecule has 0 atom stereocenters. The number of halogens is 2. The maximum absolute atomic E-state index is 6.00. The van der Waals surface area contributed by atoms with Crippen molar-refractivity contribution >= 4 is 28.8 Å². The van der Waals surface area contributed by atoms with Crippen molar-refractivity contribution in [1.29, 1.82) is 0 Å². The van der Waals surface area contributed by atoms with Crippen LogP contribution < -0.4 is 0 Å². The zero-order valence-electron chi connectivity index (χ0n) is 20.6. The van der Waals surface area contributed by atoms with E-state index >= 15 is 0 Å². The Kier molecular flexibility index (Phi) is 13.1. The van der Waals surface area contributed by atoms with Gasteiger partial charge in [-0.15, -0.1) is 0 Å². The fourth-order valence-electron chi connectivity index (χ4n) is 3.23. The van der Waals surface area contributed by atoms with Gasteiger partial charge in [-0.05, 0) is 99.4 Å². The van der Waals surface area contributed by atoms with Crippen molar-refractivity contribution in [3.8, 4) is 0 Å². The van der Waals surface area contributed by atoms with Gasteiger partial charge in [0.15, 0.2) is 0 Å². The van der Waals surface area contributed by atoms with E-state index in [4.69, 9.17) is 23.2 Å². The van der Waals surface area contributed by atoms with Crippen molar-refractivity contribution < 1.29 is 0 Å².